The molecule has 0 saturated heterocycles. The third kappa shape index (κ3) is 2.29. The summed E-state index contributed by atoms with van der Waals surface area (Å²) < 4.78 is 5.56. The first kappa shape index (κ1) is 10.0. The molecule has 0 bridgehead atoms. The van der Waals surface area contributed by atoms with Crippen molar-refractivity contribution in [2.24, 2.45) is 0 Å². The fourth-order valence-corrected chi connectivity index (χ4v) is 1.85. The molecular formula is C12H15NO2. The monoisotopic (exact) mass is 205 g/mol. The second kappa shape index (κ2) is 4.34. The second-order valence-electron chi connectivity index (χ2n) is 3.76. The Morgan fingerprint density at radius 3 is 3.20 bits per heavy atom. The average molecular weight is 205 g/mol. The maximum absolute atomic E-state index is 10.8. The molecule has 1 aromatic carbocycles. The van der Waals surface area contributed by atoms with Crippen LogP contribution in [0.25, 0.3) is 0 Å². The predicted octanol–water partition coefficient (Wildman–Crippen LogP) is 1.65. The van der Waals surface area contributed by atoms with Crippen LogP contribution in [0, 0.1) is 0 Å². The van der Waals surface area contributed by atoms with Gasteiger partial charge in [0, 0.05) is 13.5 Å². The van der Waals surface area contributed by atoms with Crippen molar-refractivity contribution in [1.82, 2.24) is 5.32 Å². The Morgan fingerprint density at radius 1 is 1.53 bits per heavy atom. The third-order valence-electron chi connectivity index (χ3n) is 2.59. The Labute approximate surface area is 89.4 Å². The summed E-state index contributed by atoms with van der Waals surface area (Å²) in [6, 6.07) is 6.01. The molecule has 0 unspecified atom stereocenters. The van der Waals surface area contributed by atoms with Crippen molar-refractivity contribution < 1.29 is 9.53 Å². The number of rotatable bonds is 2. The summed E-state index contributed by atoms with van der Waals surface area (Å²) >= 11 is 0. The number of amides is 1. The summed E-state index contributed by atoms with van der Waals surface area (Å²) in [5, 5.41) is 2.82. The van der Waals surface area contributed by atoms with Crippen LogP contribution in [0.15, 0.2) is 18.2 Å². The quantitative estimate of drug-likeness (QED) is 0.797. The molecule has 3 nitrogen and oxygen atoms in total. The van der Waals surface area contributed by atoms with E-state index in [0.717, 1.165) is 25.2 Å². The van der Waals surface area contributed by atoms with Crippen LogP contribution in [0.1, 0.15) is 24.5 Å². The summed E-state index contributed by atoms with van der Waals surface area (Å²) in [5.41, 5.74) is 2.42. The number of benzene rings is 1. The number of fused-ring (bicyclic) bond motifs is 1. The lowest BCUT2D eigenvalue weighted by atomic mass is 10.00. The molecule has 3 heteroatoms. The van der Waals surface area contributed by atoms with E-state index in [1.165, 1.54) is 18.1 Å². The number of nitrogens with one attached hydrogen (secondary N) is 1. The van der Waals surface area contributed by atoms with Gasteiger partial charge in [-0.1, -0.05) is 12.1 Å². The van der Waals surface area contributed by atoms with Gasteiger partial charge in [0.25, 0.3) is 0 Å². The van der Waals surface area contributed by atoms with E-state index in [4.69, 9.17) is 4.74 Å². The van der Waals surface area contributed by atoms with Gasteiger partial charge in [-0.05, 0) is 30.0 Å². The number of carbonyl (C=O) groups excluding carboxylic acids is 1. The van der Waals surface area contributed by atoms with Gasteiger partial charge in [-0.2, -0.15) is 0 Å². The van der Waals surface area contributed by atoms with Crippen LogP contribution in [-0.2, 0) is 17.8 Å². The molecule has 0 radical (unpaired) electrons. The van der Waals surface area contributed by atoms with E-state index in [0.29, 0.717) is 6.54 Å². The highest BCUT2D eigenvalue weighted by Gasteiger charge is 2.13. The molecule has 0 aliphatic carbocycles. The van der Waals surface area contributed by atoms with Crippen molar-refractivity contribution in [3.8, 4) is 5.75 Å². The Balaban J connectivity index is 2.19. The largest absolute Gasteiger partial charge is 0.493 e. The van der Waals surface area contributed by atoms with Gasteiger partial charge >= 0.3 is 0 Å². The SMILES string of the molecule is CC(=O)NCc1cccc2c1CCCO2. The van der Waals surface area contributed by atoms with Gasteiger partial charge in [-0.25, -0.2) is 0 Å². The molecular weight excluding hydrogens is 190 g/mol. The van der Waals surface area contributed by atoms with Crippen molar-refractivity contribution in [2.45, 2.75) is 26.3 Å². The van der Waals surface area contributed by atoms with E-state index in [1.807, 2.05) is 18.2 Å². The summed E-state index contributed by atoms with van der Waals surface area (Å²) in [6.45, 7) is 2.93. The molecule has 1 amide bonds. The highest BCUT2D eigenvalue weighted by atomic mass is 16.5. The third-order valence-corrected chi connectivity index (χ3v) is 2.59. The van der Waals surface area contributed by atoms with Crippen molar-refractivity contribution in [2.75, 3.05) is 6.61 Å². The Kier molecular flexibility index (Phi) is 2.90. The molecule has 1 aliphatic heterocycles. The van der Waals surface area contributed by atoms with Crippen LogP contribution in [0.4, 0.5) is 0 Å². The lowest BCUT2D eigenvalue weighted by Crippen LogP contribution is -2.21. The van der Waals surface area contributed by atoms with E-state index in [9.17, 15) is 4.79 Å². The van der Waals surface area contributed by atoms with Gasteiger partial charge < -0.3 is 10.1 Å². The number of carbonyl (C=O) groups is 1. The highest BCUT2D eigenvalue weighted by molar-refractivity contribution is 5.72. The first-order chi connectivity index (χ1) is 7.27. The first-order valence-corrected chi connectivity index (χ1v) is 5.25. The van der Waals surface area contributed by atoms with Crippen LogP contribution in [-0.4, -0.2) is 12.5 Å². The van der Waals surface area contributed by atoms with Crippen molar-refractivity contribution in [3.63, 3.8) is 0 Å². The molecule has 2 rings (SSSR count). The molecule has 0 aromatic heterocycles. The molecule has 1 N–H and O–H groups in total. The molecule has 1 aliphatic rings. The van der Waals surface area contributed by atoms with Gasteiger partial charge in [-0.3, -0.25) is 4.79 Å². The summed E-state index contributed by atoms with van der Waals surface area (Å²) in [7, 11) is 0. The Hall–Kier alpha value is -1.51. The summed E-state index contributed by atoms with van der Waals surface area (Å²) in [6.07, 6.45) is 2.11. The first-order valence-electron chi connectivity index (χ1n) is 5.25. The topological polar surface area (TPSA) is 38.3 Å². The zero-order chi connectivity index (χ0) is 10.7. The molecule has 1 heterocycles. The fourth-order valence-electron chi connectivity index (χ4n) is 1.85. The maximum Gasteiger partial charge on any atom is 0.217 e. The predicted molar refractivity (Wildman–Crippen MR) is 57.8 cm³/mol. The molecule has 0 spiro atoms. The van der Waals surface area contributed by atoms with Gasteiger partial charge in [0.05, 0.1) is 6.61 Å². The zero-order valence-corrected chi connectivity index (χ0v) is 8.88. The molecule has 15 heavy (non-hydrogen) atoms. The van der Waals surface area contributed by atoms with E-state index in [-0.39, 0.29) is 5.91 Å². The van der Waals surface area contributed by atoms with E-state index in [1.54, 1.807) is 0 Å². The highest BCUT2D eigenvalue weighted by Crippen LogP contribution is 2.27. The number of hydrogen-bond donors (Lipinski definition) is 1. The minimum atomic E-state index is 0.00401. The smallest absolute Gasteiger partial charge is 0.217 e. The van der Waals surface area contributed by atoms with Gasteiger partial charge in [0.15, 0.2) is 0 Å². The lowest BCUT2D eigenvalue weighted by molar-refractivity contribution is -0.119. The maximum atomic E-state index is 10.8. The Morgan fingerprint density at radius 2 is 2.40 bits per heavy atom. The molecule has 80 valence electrons. The van der Waals surface area contributed by atoms with E-state index < -0.39 is 0 Å². The lowest BCUT2D eigenvalue weighted by Gasteiger charge is -2.20. The van der Waals surface area contributed by atoms with Crippen LogP contribution in [0.3, 0.4) is 0 Å². The second-order valence-corrected chi connectivity index (χ2v) is 3.76. The van der Waals surface area contributed by atoms with Gasteiger partial charge in [0.1, 0.15) is 5.75 Å². The van der Waals surface area contributed by atoms with E-state index >= 15 is 0 Å². The van der Waals surface area contributed by atoms with Crippen molar-refractivity contribution >= 4 is 5.91 Å². The zero-order valence-electron chi connectivity index (χ0n) is 8.88. The normalized spacial score (nSPS) is 13.9. The van der Waals surface area contributed by atoms with Crippen LogP contribution < -0.4 is 10.1 Å². The minimum absolute atomic E-state index is 0.00401. The summed E-state index contributed by atoms with van der Waals surface area (Å²) in [4.78, 5) is 10.8. The van der Waals surface area contributed by atoms with Crippen molar-refractivity contribution in [3.05, 3.63) is 29.3 Å². The van der Waals surface area contributed by atoms with Gasteiger partial charge in [-0.15, -0.1) is 0 Å². The van der Waals surface area contributed by atoms with Crippen LogP contribution in [0.5, 0.6) is 5.75 Å². The standard InChI is InChI=1S/C12H15NO2/c1-9(14)13-8-10-4-2-6-12-11(10)5-3-7-15-12/h2,4,6H,3,5,7-8H2,1H3,(H,13,14). The van der Waals surface area contributed by atoms with Crippen LogP contribution >= 0.6 is 0 Å². The molecule has 0 fully saturated rings. The molecule has 0 atom stereocenters. The van der Waals surface area contributed by atoms with Crippen LogP contribution in [0.2, 0.25) is 0 Å². The number of ether oxygens (including phenoxy) is 1. The molecule has 1 aromatic rings. The van der Waals surface area contributed by atoms with Gasteiger partial charge in [0.2, 0.25) is 5.91 Å². The fraction of sp³-hybridized carbons (Fsp3) is 0.417. The average Bonchev–Trinajstić information content (AvgIpc) is 2.26. The Bertz CT molecular complexity index is 374. The minimum Gasteiger partial charge on any atom is -0.493 e. The van der Waals surface area contributed by atoms with E-state index in [2.05, 4.69) is 5.32 Å². The summed E-state index contributed by atoms with van der Waals surface area (Å²) in [5.74, 6) is 0.980. The van der Waals surface area contributed by atoms with Crippen molar-refractivity contribution in [1.29, 1.82) is 0 Å². The molecule has 0 saturated carbocycles. The number of hydrogen-bond acceptors (Lipinski definition) is 2.